The van der Waals surface area contributed by atoms with Gasteiger partial charge in [-0.05, 0) is 50.5 Å². The van der Waals surface area contributed by atoms with Gasteiger partial charge in [0.1, 0.15) is 5.60 Å². The van der Waals surface area contributed by atoms with Gasteiger partial charge in [-0.15, -0.1) is 0 Å². The van der Waals surface area contributed by atoms with E-state index in [0.717, 1.165) is 17.5 Å². The van der Waals surface area contributed by atoms with Crippen LogP contribution in [0, 0.1) is 4.90 Å². The van der Waals surface area contributed by atoms with Gasteiger partial charge in [-0.1, -0.05) is 0 Å². The van der Waals surface area contributed by atoms with Crippen LogP contribution in [-0.2, 0) is 17.7 Å². The van der Waals surface area contributed by atoms with Crippen LogP contribution in [0.25, 0.3) is 11.2 Å². The first-order valence-electron chi connectivity index (χ1n) is 6.85. The Kier molecular flexibility index (Phi) is 3.28. The third-order valence-corrected chi connectivity index (χ3v) is 3.48. The van der Waals surface area contributed by atoms with Gasteiger partial charge < -0.3 is 18.5 Å². The van der Waals surface area contributed by atoms with E-state index in [4.69, 9.17) is 25.8 Å². The summed E-state index contributed by atoms with van der Waals surface area (Å²) < 4.78 is 16.1. The van der Waals surface area contributed by atoms with Crippen molar-refractivity contribution in [2.75, 3.05) is 6.54 Å². The Bertz CT molecular complexity index is 753. The number of nitrogens with zero attached hydrogens (tertiary/aromatic N) is 1. The number of amides is 1. The lowest BCUT2D eigenvalue weighted by Crippen LogP contribution is -2.39. The summed E-state index contributed by atoms with van der Waals surface area (Å²) in [6.45, 7) is 6.73. The summed E-state index contributed by atoms with van der Waals surface area (Å²) in [5.74, 6) is 0. The molecule has 1 aliphatic rings. The van der Waals surface area contributed by atoms with Crippen molar-refractivity contribution in [3.05, 3.63) is 28.2 Å². The summed E-state index contributed by atoms with van der Waals surface area (Å²) in [6, 6.07) is 3.83. The van der Waals surface area contributed by atoms with E-state index in [-0.39, 0.29) is 11.0 Å². The number of hydrogen-bond donors (Lipinski definition) is 0. The molecule has 2 heterocycles. The molecule has 1 aromatic heterocycles. The Balaban J connectivity index is 1.86. The molecule has 0 spiro atoms. The van der Waals surface area contributed by atoms with Gasteiger partial charge in [-0.25, -0.2) is 4.79 Å². The largest absolute Gasteiger partial charge is 0.444 e. The fraction of sp³-hybridized carbons (Fsp3) is 0.467. The lowest BCUT2D eigenvalue weighted by Gasteiger charge is -2.31. The first kappa shape index (κ1) is 14.1. The van der Waals surface area contributed by atoms with Crippen molar-refractivity contribution in [1.29, 1.82) is 0 Å². The molecule has 0 bridgehead atoms. The van der Waals surface area contributed by atoms with Crippen LogP contribution < -0.4 is 0 Å². The normalized spacial score (nSPS) is 15.1. The summed E-state index contributed by atoms with van der Waals surface area (Å²) in [5.41, 5.74) is 2.98. The molecule has 0 fully saturated rings. The molecule has 0 saturated carbocycles. The van der Waals surface area contributed by atoms with Gasteiger partial charge in [0.2, 0.25) is 0 Å². The smallest absolute Gasteiger partial charge is 0.410 e. The summed E-state index contributed by atoms with van der Waals surface area (Å²) in [4.78, 5) is 14.0. The Labute approximate surface area is 127 Å². The number of ether oxygens (including phenoxy) is 1. The number of carbonyl (C=O) groups is 1. The number of hydrogen-bond acceptors (Lipinski definition) is 5. The standard InChI is InChI=1S/C15H17NO4S/c1-15(2,3)20-13(17)16-5-4-9-6-11-12(7-10(9)8-16)19-14(21)18-11/h6-7H,4-5,8H2,1-3H3. The average Bonchev–Trinajstić information content (AvgIpc) is 2.72. The summed E-state index contributed by atoms with van der Waals surface area (Å²) in [5, 5.41) is 0. The topological polar surface area (TPSA) is 55.8 Å². The number of benzene rings is 1. The fourth-order valence-electron chi connectivity index (χ4n) is 2.41. The zero-order valence-corrected chi connectivity index (χ0v) is 13.1. The fourth-order valence-corrected chi connectivity index (χ4v) is 2.59. The molecule has 1 amide bonds. The van der Waals surface area contributed by atoms with E-state index in [2.05, 4.69) is 0 Å². The molecule has 3 rings (SSSR count). The molecule has 0 atom stereocenters. The summed E-state index contributed by atoms with van der Waals surface area (Å²) in [7, 11) is 0. The molecule has 0 unspecified atom stereocenters. The van der Waals surface area contributed by atoms with Crippen LogP contribution >= 0.6 is 12.2 Å². The molecule has 0 aliphatic carbocycles. The van der Waals surface area contributed by atoms with Gasteiger partial charge in [-0.3, -0.25) is 0 Å². The molecule has 21 heavy (non-hydrogen) atoms. The molecule has 0 radical (unpaired) electrons. The van der Waals surface area contributed by atoms with E-state index in [9.17, 15) is 4.79 Å². The Hall–Kier alpha value is -1.82. The summed E-state index contributed by atoms with van der Waals surface area (Å²) in [6.07, 6.45) is 0.471. The Morgan fingerprint density at radius 3 is 2.48 bits per heavy atom. The van der Waals surface area contributed by atoms with Crippen LogP contribution in [0.2, 0.25) is 0 Å². The molecular weight excluding hydrogens is 290 g/mol. The van der Waals surface area contributed by atoms with Crippen LogP contribution in [-0.4, -0.2) is 23.1 Å². The number of rotatable bonds is 0. The Morgan fingerprint density at radius 1 is 1.24 bits per heavy atom. The second-order valence-electron chi connectivity index (χ2n) is 6.17. The predicted molar refractivity (Wildman–Crippen MR) is 79.7 cm³/mol. The van der Waals surface area contributed by atoms with Crippen molar-refractivity contribution in [3.8, 4) is 0 Å². The molecule has 112 valence electrons. The molecular formula is C15H17NO4S. The molecule has 2 aromatic rings. The molecule has 6 heteroatoms. The lowest BCUT2D eigenvalue weighted by atomic mass is 10.00. The predicted octanol–water partition coefficient (Wildman–Crippen LogP) is 4.05. The zero-order chi connectivity index (χ0) is 15.2. The van der Waals surface area contributed by atoms with Gasteiger partial charge >= 0.3 is 11.0 Å². The Morgan fingerprint density at radius 2 is 1.86 bits per heavy atom. The van der Waals surface area contributed by atoms with Crippen LogP contribution in [0.15, 0.2) is 21.0 Å². The monoisotopic (exact) mass is 307 g/mol. The quantitative estimate of drug-likeness (QED) is 0.687. The SMILES string of the molecule is CC(C)(C)OC(=O)N1CCc2cc3oc(=S)oc3cc2C1. The highest BCUT2D eigenvalue weighted by Crippen LogP contribution is 2.27. The van der Waals surface area contributed by atoms with Crippen molar-refractivity contribution in [2.45, 2.75) is 39.3 Å². The highest BCUT2D eigenvalue weighted by atomic mass is 32.1. The highest BCUT2D eigenvalue weighted by Gasteiger charge is 2.26. The van der Waals surface area contributed by atoms with Crippen molar-refractivity contribution >= 4 is 29.5 Å². The minimum absolute atomic E-state index is 0.122. The second kappa shape index (κ2) is 4.87. The third-order valence-electron chi connectivity index (χ3n) is 3.32. The van der Waals surface area contributed by atoms with Crippen LogP contribution in [0.1, 0.15) is 31.9 Å². The van der Waals surface area contributed by atoms with E-state index in [1.165, 1.54) is 0 Å². The molecule has 1 aliphatic heterocycles. The van der Waals surface area contributed by atoms with Gasteiger partial charge in [0.15, 0.2) is 11.2 Å². The number of carbonyl (C=O) groups excluding carboxylic acids is 1. The van der Waals surface area contributed by atoms with E-state index < -0.39 is 5.60 Å². The zero-order valence-electron chi connectivity index (χ0n) is 12.3. The minimum Gasteiger partial charge on any atom is -0.444 e. The minimum atomic E-state index is -0.488. The number of fused-ring (bicyclic) bond motifs is 2. The maximum atomic E-state index is 12.1. The van der Waals surface area contributed by atoms with E-state index in [1.54, 1.807) is 4.90 Å². The maximum absolute atomic E-state index is 12.1. The van der Waals surface area contributed by atoms with E-state index >= 15 is 0 Å². The average molecular weight is 307 g/mol. The van der Waals surface area contributed by atoms with Crippen LogP contribution in [0.3, 0.4) is 0 Å². The van der Waals surface area contributed by atoms with Gasteiger partial charge in [0.25, 0.3) is 0 Å². The molecule has 5 nitrogen and oxygen atoms in total. The van der Waals surface area contributed by atoms with Crippen LogP contribution in [0.5, 0.6) is 0 Å². The van der Waals surface area contributed by atoms with Crippen molar-refractivity contribution in [3.63, 3.8) is 0 Å². The van der Waals surface area contributed by atoms with Crippen LogP contribution in [0.4, 0.5) is 4.79 Å². The van der Waals surface area contributed by atoms with Crippen molar-refractivity contribution in [1.82, 2.24) is 4.90 Å². The van der Waals surface area contributed by atoms with Gasteiger partial charge in [-0.2, -0.15) is 0 Å². The second-order valence-corrected chi connectivity index (χ2v) is 6.51. The molecule has 0 saturated heterocycles. The highest BCUT2D eigenvalue weighted by molar-refractivity contribution is 7.71. The first-order valence-corrected chi connectivity index (χ1v) is 7.26. The molecule has 1 aromatic carbocycles. The van der Waals surface area contributed by atoms with Crippen molar-refractivity contribution < 1.29 is 18.4 Å². The summed E-state index contributed by atoms with van der Waals surface area (Å²) >= 11 is 4.89. The third kappa shape index (κ3) is 2.95. The van der Waals surface area contributed by atoms with Gasteiger partial charge in [0, 0.05) is 25.3 Å². The lowest BCUT2D eigenvalue weighted by molar-refractivity contribution is 0.0224. The van der Waals surface area contributed by atoms with E-state index in [1.807, 2.05) is 32.9 Å². The van der Waals surface area contributed by atoms with Gasteiger partial charge in [0.05, 0.1) is 0 Å². The first-order chi connectivity index (χ1) is 9.82. The molecule has 0 N–H and O–H groups in total. The van der Waals surface area contributed by atoms with E-state index in [0.29, 0.717) is 24.3 Å². The van der Waals surface area contributed by atoms with Crippen molar-refractivity contribution in [2.24, 2.45) is 0 Å². The maximum Gasteiger partial charge on any atom is 0.410 e.